The van der Waals surface area contributed by atoms with E-state index in [4.69, 9.17) is 0 Å². The van der Waals surface area contributed by atoms with Gasteiger partial charge in [0.2, 0.25) is 0 Å². The van der Waals surface area contributed by atoms with Gasteiger partial charge in [0.15, 0.2) is 0 Å². The molecule has 6 nitrogen and oxygen atoms in total. The standard InChI is InChI=1S/C17H21N5O/c23-17(19-12-14-7-3-4-8-18-14)15-11-16(21-13-20-15)22-9-5-1-2-6-10-22/h3-4,7-8,11,13H,1-2,5-6,9-10,12H2,(H,19,23). The summed E-state index contributed by atoms with van der Waals surface area (Å²) in [6.45, 7) is 2.38. The summed E-state index contributed by atoms with van der Waals surface area (Å²) < 4.78 is 0. The van der Waals surface area contributed by atoms with Gasteiger partial charge in [-0.05, 0) is 25.0 Å². The molecule has 0 aromatic carbocycles. The highest BCUT2D eigenvalue weighted by Crippen LogP contribution is 2.17. The Hall–Kier alpha value is -2.50. The van der Waals surface area contributed by atoms with E-state index in [9.17, 15) is 4.79 Å². The molecule has 1 N–H and O–H groups in total. The van der Waals surface area contributed by atoms with Crippen molar-refractivity contribution >= 4 is 11.7 Å². The molecule has 1 amide bonds. The van der Waals surface area contributed by atoms with Crippen molar-refractivity contribution < 1.29 is 4.79 Å². The number of pyridine rings is 1. The molecule has 0 bridgehead atoms. The highest BCUT2D eigenvalue weighted by Gasteiger charge is 2.14. The fourth-order valence-electron chi connectivity index (χ4n) is 2.71. The third-order valence-electron chi connectivity index (χ3n) is 3.97. The Morgan fingerprint density at radius 3 is 2.65 bits per heavy atom. The normalized spacial score (nSPS) is 15.0. The number of carbonyl (C=O) groups is 1. The number of amides is 1. The van der Waals surface area contributed by atoms with Crippen LogP contribution in [0.4, 0.5) is 5.82 Å². The summed E-state index contributed by atoms with van der Waals surface area (Å²) >= 11 is 0. The van der Waals surface area contributed by atoms with Crippen LogP contribution >= 0.6 is 0 Å². The summed E-state index contributed by atoms with van der Waals surface area (Å²) in [6.07, 6.45) is 8.05. The molecule has 1 aliphatic rings. The van der Waals surface area contributed by atoms with E-state index >= 15 is 0 Å². The number of hydrogen-bond acceptors (Lipinski definition) is 5. The van der Waals surface area contributed by atoms with Crippen LogP contribution in [0.15, 0.2) is 36.8 Å². The fraction of sp³-hybridized carbons (Fsp3) is 0.412. The van der Waals surface area contributed by atoms with E-state index < -0.39 is 0 Å². The third kappa shape index (κ3) is 4.25. The molecule has 0 unspecified atom stereocenters. The smallest absolute Gasteiger partial charge is 0.270 e. The van der Waals surface area contributed by atoms with Gasteiger partial charge in [-0.15, -0.1) is 0 Å². The number of rotatable bonds is 4. The van der Waals surface area contributed by atoms with Gasteiger partial charge in [0.1, 0.15) is 17.8 Å². The van der Waals surface area contributed by atoms with E-state index in [0.717, 1.165) is 24.6 Å². The maximum atomic E-state index is 12.3. The number of hydrogen-bond donors (Lipinski definition) is 1. The van der Waals surface area contributed by atoms with Gasteiger partial charge < -0.3 is 10.2 Å². The molecule has 1 fully saturated rings. The van der Waals surface area contributed by atoms with Crippen molar-refractivity contribution in [1.82, 2.24) is 20.3 Å². The first kappa shape index (κ1) is 15.4. The summed E-state index contributed by atoms with van der Waals surface area (Å²) in [6, 6.07) is 7.40. The van der Waals surface area contributed by atoms with Crippen molar-refractivity contribution in [3.63, 3.8) is 0 Å². The van der Waals surface area contributed by atoms with Crippen LogP contribution in [0, 0.1) is 0 Å². The Morgan fingerprint density at radius 1 is 1.09 bits per heavy atom. The quantitative estimate of drug-likeness (QED) is 0.937. The lowest BCUT2D eigenvalue weighted by atomic mass is 10.2. The van der Waals surface area contributed by atoms with Crippen LogP contribution in [-0.4, -0.2) is 33.9 Å². The highest BCUT2D eigenvalue weighted by atomic mass is 16.1. The molecule has 0 saturated carbocycles. The fourth-order valence-corrected chi connectivity index (χ4v) is 2.71. The number of nitrogens with zero attached hydrogens (tertiary/aromatic N) is 4. The average molecular weight is 311 g/mol. The molecule has 2 aromatic heterocycles. The Bertz CT molecular complexity index is 638. The van der Waals surface area contributed by atoms with Crippen molar-refractivity contribution in [2.45, 2.75) is 32.2 Å². The Labute approximate surface area is 136 Å². The van der Waals surface area contributed by atoms with Gasteiger partial charge in [0.25, 0.3) is 5.91 Å². The minimum Gasteiger partial charge on any atom is -0.357 e. The van der Waals surface area contributed by atoms with Crippen molar-refractivity contribution in [3.8, 4) is 0 Å². The highest BCUT2D eigenvalue weighted by molar-refractivity contribution is 5.92. The average Bonchev–Trinajstić information content (AvgIpc) is 2.90. The maximum Gasteiger partial charge on any atom is 0.270 e. The van der Waals surface area contributed by atoms with Crippen LogP contribution in [0.5, 0.6) is 0 Å². The number of aromatic nitrogens is 3. The van der Waals surface area contributed by atoms with E-state index in [1.165, 1.54) is 32.0 Å². The predicted octanol–water partition coefficient (Wildman–Crippen LogP) is 2.18. The number of carbonyl (C=O) groups excluding carboxylic acids is 1. The summed E-state index contributed by atoms with van der Waals surface area (Å²) in [5, 5.41) is 2.85. The second-order valence-electron chi connectivity index (χ2n) is 5.67. The molecular formula is C17H21N5O. The Morgan fingerprint density at radius 2 is 1.91 bits per heavy atom. The lowest BCUT2D eigenvalue weighted by molar-refractivity contribution is 0.0945. The summed E-state index contributed by atoms with van der Waals surface area (Å²) in [4.78, 5) is 27.1. The second kappa shape index (κ2) is 7.67. The molecule has 0 spiro atoms. The molecule has 1 aliphatic heterocycles. The second-order valence-corrected chi connectivity index (χ2v) is 5.67. The summed E-state index contributed by atoms with van der Waals surface area (Å²) in [7, 11) is 0. The first-order valence-electron chi connectivity index (χ1n) is 8.08. The SMILES string of the molecule is O=C(NCc1ccccn1)c1cc(N2CCCCCC2)ncn1. The zero-order chi connectivity index (χ0) is 15.9. The molecule has 0 radical (unpaired) electrons. The molecule has 2 aromatic rings. The lowest BCUT2D eigenvalue weighted by Crippen LogP contribution is -2.27. The van der Waals surface area contributed by atoms with E-state index in [1.807, 2.05) is 18.2 Å². The van der Waals surface area contributed by atoms with Crippen LogP contribution < -0.4 is 10.2 Å². The summed E-state index contributed by atoms with van der Waals surface area (Å²) in [5.41, 5.74) is 1.22. The van der Waals surface area contributed by atoms with E-state index in [1.54, 1.807) is 12.3 Å². The minimum atomic E-state index is -0.200. The van der Waals surface area contributed by atoms with Gasteiger partial charge in [0.05, 0.1) is 12.2 Å². The molecular weight excluding hydrogens is 290 g/mol. The van der Waals surface area contributed by atoms with E-state index in [0.29, 0.717) is 12.2 Å². The third-order valence-corrected chi connectivity index (χ3v) is 3.97. The topological polar surface area (TPSA) is 71.0 Å². The van der Waals surface area contributed by atoms with E-state index in [2.05, 4.69) is 25.2 Å². The monoisotopic (exact) mass is 311 g/mol. The van der Waals surface area contributed by atoms with E-state index in [-0.39, 0.29) is 5.91 Å². The molecule has 0 atom stereocenters. The lowest BCUT2D eigenvalue weighted by Gasteiger charge is -2.21. The first-order valence-corrected chi connectivity index (χ1v) is 8.08. The Kier molecular flexibility index (Phi) is 5.13. The predicted molar refractivity (Wildman–Crippen MR) is 88.1 cm³/mol. The largest absolute Gasteiger partial charge is 0.357 e. The van der Waals surface area contributed by atoms with Crippen LogP contribution in [0.2, 0.25) is 0 Å². The minimum absolute atomic E-state index is 0.200. The van der Waals surface area contributed by atoms with Gasteiger partial charge in [-0.25, -0.2) is 9.97 Å². The first-order chi connectivity index (χ1) is 11.3. The van der Waals surface area contributed by atoms with Crippen LogP contribution in [-0.2, 0) is 6.54 Å². The number of nitrogens with one attached hydrogen (secondary N) is 1. The van der Waals surface area contributed by atoms with Crippen molar-refractivity contribution in [2.75, 3.05) is 18.0 Å². The zero-order valence-electron chi connectivity index (χ0n) is 13.1. The van der Waals surface area contributed by atoms with Gasteiger partial charge >= 0.3 is 0 Å². The Balaban J connectivity index is 1.65. The molecule has 3 rings (SSSR count). The molecule has 23 heavy (non-hydrogen) atoms. The van der Waals surface area contributed by atoms with Gasteiger partial charge in [-0.3, -0.25) is 9.78 Å². The maximum absolute atomic E-state index is 12.3. The van der Waals surface area contributed by atoms with Gasteiger partial charge in [-0.1, -0.05) is 18.9 Å². The summed E-state index contributed by atoms with van der Waals surface area (Å²) in [5.74, 6) is 0.638. The van der Waals surface area contributed by atoms with Gasteiger partial charge in [-0.2, -0.15) is 0 Å². The molecule has 3 heterocycles. The zero-order valence-corrected chi connectivity index (χ0v) is 13.1. The van der Waals surface area contributed by atoms with Crippen LogP contribution in [0.1, 0.15) is 41.9 Å². The molecule has 120 valence electrons. The van der Waals surface area contributed by atoms with Crippen molar-refractivity contribution in [3.05, 3.63) is 48.2 Å². The molecule has 6 heteroatoms. The van der Waals surface area contributed by atoms with Crippen molar-refractivity contribution in [1.29, 1.82) is 0 Å². The van der Waals surface area contributed by atoms with Gasteiger partial charge in [0, 0.05) is 25.4 Å². The number of anilines is 1. The molecule has 1 saturated heterocycles. The van der Waals surface area contributed by atoms with Crippen LogP contribution in [0.25, 0.3) is 0 Å². The molecule has 0 aliphatic carbocycles. The van der Waals surface area contributed by atoms with Crippen LogP contribution in [0.3, 0.4) is 0 Å². The van der Waals surface area contributed by atoms with Crippen molar-refractivity contribution in [2.24, 2.45) is 0 Å².